The molecule has 1 aromatic carbocycles. The van der Waals surface area contributed by atoms with Crippen molar-refractivity contribution < 1.29 is 22.7 Å². The van der Waals surface area contributed by atoms with Gasteiger partial charge in [-0.2, -0.15) is 13.2 Å². The van der Waals surface area contributed by atoms with Crippen LogP contribution in [0.15, 0.2) is 18.2 Å². The first-order valence-corrected chi connectivity index (χ1v) is 5.26. The Hall–Kier alpha value is -1.56. The molecule has 1 aromatic rings. The minimum atomic E-state index is -4.40. The van der Waals surface area contributed by atoms with Crippen molar-refractivity contribution in [1.29, 1.82) is 0 Å². The molecule has 0 radical (unpaired) electrons. The molecule has 0 aliphatic rings. The first-order valence-electron chi connectivity index (χ1n) is 5.26. The Morgan fingerprint density at radius 1 is 1.44 bits per heavy atom. The predicted octanol–water partition coefficient (Wildman–Crippen LogP) is 2.06. The van der Waals surface area contributed by atoms with Gasteiger partial charge in [0.25, 0.3) is 0 Å². The fourth-order valence-electron chi connectivity index (χ4n) is 1.54. The normalized spacial score (nSPS) is 13.2. The number of aryl methyl sites for hydroxylation is 1. The number of carbonyl (C=O) groups is 1. The molecule has 100 valence electrons. The van der Waals surface area contributed by atoms with Crippen LogP contribution in [-0.2, 0) is 22.1 Å². The summed E-state index contributed by atoms with van der Waals surface area (Å²) in [5.41, 5.74) is 5.83. The molecule has 0 spiro atoms. The van der Waals surface area contributed by atoms with Crippen molar-refractivity contribution in [3.05, 3.63) is 34.9 Å². The van der Waals surface area contributed by atoms with Crippen LogP contribution < -0.4 is 5.73 Å². The molecule has 0 unspecified atom stereocenters. The molecule has 1 atom stereocenters. The van der Waals surface area contributed by atoms with Crippen molar-refractivity contribution in [1.82, 2.24) is 0 Å². The lowest BCUT2D eigenvalue weighted by atomic mass is 9.99. The summed E-state index contributed by atoms with van der Waals surface area (Å²) >= 11 is 0. The number of hydrogen-bond donors (Lipinski definition) is 1. The van der Waals surface area contributed by atoms with Gasteiger partial charge in [-0.25, -0.2) is 0 Å². The molecule has 0 saturated carbocycles. The third-order valence-corrected chi connectivity index (χ3v) is 2.62. The van der Waals surface area contributed by atoms with Crippen molar-refractivity contribution >= 4 is 5.97 Å². The zero-order valence-electron chi connectivity index (χ0n) is 10.0. The Labute approximate surface area is 103 Å². The van der Waals surface area contributed by atoms with E-state index in [0.29, 0.717) is 11.1 Å². The largest absolute Gasteiger partial charge is 0.468 e. The summed E-state index contributed by atoms with van der Waals surface area (Å²) in [6, 6.07) is 2.42. The second-order valence-electron chi connectivity index (χ2n) is 3.97. The minimum absolute atomic E-state index is 0.0163. The summed E-state index contributed by atoms with van der Waals surface area (Å²) in [7, 11) is 1.18. The Balaban J connectivity index is 2.98. The Morgan fingerprint density at radius 2 is 2.06 bits per heavy atom. The van der Waals surface area contributed by atoms with Gasteiger partial charge >= 0.3 is 12.1 Å². The van der Waals surface area contributed by atoms with Gasteiger partial charge in [-0.05, 0) is 36.6 Å². The molecule has 0 heterocycles. The number of rotatable bonds is 3. The standard InChI is InChI=1S/C12H14F3NO2/c1-7-3-4-9(12(13,14)15)5-8(7)6-10(16)11(17)18-2/h3-5,10H,6,16H2,1-2H3/t10-/m1/s1. The van der Waals surface area contributed by atoms with Gasteiger partial charge in [0, 0.05) is 0 Å². The summed E-state index contributed by atoms with van der Waals surface area (Å²) in [6.07, 6.45) is -4.39. The Morgan fingerprint density at radius 3 is 2.56 bits per heavy atom. The molecule has 0 fully saturated rings. The average Bonchev–Trinajstić information content (AvgIpc) is 2.29. The van der Waals surface area contributed by atoms with Crippen molar-refractivity contribution in [2.24, 2.45) is 5.73 Å². The maximum Gasteiger partial charge on any atom is 0.416 e. The smallest absolute Gasteiger partial charge is 0.416 e. The zero-order chi connectivity index (χ0) is 13.9. The number of carbonyl (C=O) groups excluding carboxylic acids is 1. The molecule has 0 bridgehead atoms. The molecule has 0 amide bonds. The molecule has 1 rings (SSSR count). The van der Waals surface area contributed by atoms with E-state index in [9.17, 15) is 18.0 Å². The van der Waals surface area contributed by atoms with Gasteiger partial charge in [0.15, 0.2) is 0 Å². The molecule has 18 heavy (non-hydrogen) atoms. The van der Waals surface area contributed by atoms with E-state index in [4.69, 9.17) is 5.73 Å². The number of methoxy groups -OCH3 is 1. The van der Waals surface area contributed by atoms with E-state index in [1.807, 2.05) is 0 Å². The van der Waals surface area contributed by atoms with Crippen LogP contribution in [0.1, 0.15) is 16.7 Å². The summed E-state index contributed by atoms with van der Waals surface area (Å²) < 4.78 is 42.1. The number of ether oxygens (including phenoxy) is 1. The minimum Gasteiger partial charge on any atom is -0.468 e. The van der Waals surface area contributed by atoms with Gasteiger partial charge < -0.3 is 10.5 Å². The summed E-state index contributed by atoms with van der Waals surface area (Å²) in [4.78, 5) is 11.1. The molecular weight excluding hydrogens is 247 g/mol. The van der Waals surface area contributed by atoms with Gasteiger partial charge in [-0.1, -0.05) is 6.07 Å². The molecule has 0 aromatic heterocycles. The van der Waals surface area contributed by atoms with Gasteiger partial charge in [0.1, 0.15) is 6.04 Å². The van der Waals surface area contributed by atoms with E-state index in [0.717, 1.165) is 12.1 Å². The third-order valence-electron chi connectivity index (χ3n) is 2.62. The van der Waals surface area contributed by atoms with Crippen LogP contribution >= 0.6 is 0 Å². The van der Waals surface area contributed by atoms with Crippen LogP contribution in [0.2, 0.25) is 0 Å². The first-order chi connectivity index (χ1) is 8.25. The van der Waals surface area contributed by atoms with Crippen LogP contribution in [0.4, 0.5) is 13.2 Å². The highest BCUT2D eigenvalue weighted by Crippen LogP contribution is 2.30. The number of benzene rings is 1. The van der Waals surface area contributed by atoms with Crippen LogP contribution in [0.5, 0.6) is 0 Å². The van der Waals surface area contributed by atoms with Crippen molar-refractivity contribution in [3.8, 4) is 0 Å². The molecule has 2 N–H and O–H groups in total. The van der Waals surface area contributed by atoms with E-state index < -0.39 is 23.8 Å². The lowest BCUT2D eigenvalue weighted by molar-refractivity contribution is -0.142. The molecular formula is C12H14F3NO2. The molecule has 0 saturated heterocycles. The number of hydrogen-bond acceptors (Lipinski definition) is 3. The van der Waals surface area contributed by atoms with E-state index >= 15 is 0 Å². The van der Waals surface area contributed by atoms with E-state index in [1.54, 1.807) is 6.92 Å². The monoisotopic (exact) mass is 261 g/mol. The second-order valence-corrected chi connectivity index (χ2v) is 3.97. The Bertz CT molecular complexity index is 443. The first kappa shape index (κ1) is 14.5. The third kappa shape index (κ3) is 3.46. The van der Waals surface area contributed by atoms with Crippen molar-refractivity contribution in [2.75, 3.05) is 7.11 Å². The fourth-order valence-corrected chi connectivity index (χ4v) is 1.54. The predicted molar refractivity (Wildman–Crippen MR) is 59.9 cm³/mol. The number of halogens is 3. The zero-order valence-corrected chi connectivity index (χ0v) is 10.0. The second kappa shape index (κ2) is 5.39. The van der Waals surface area contributed by atoms with Gasteiger partial charge in [-0.15, -0.1) is 0 Å². The quantitative estimate of drug-likeness (QED) is 0.847. The number of nitrogens with two attached hydrogens (primary N) is 1. The highest BCUT2D eigenvalue weighted by atomic mass is 19.4. The maximum absolute atomic E-state index is 12.5. The van der Waals surface area contributed by atoms with Crippen LogP contribution in [0, 0.1) is 6.92 Å². The Kier molecular flexibility index (Phi) is 4.34. The van der Waals surface area contributed by atoms with Crippen LogP contribution in [0.25, 0.3) is 0 Å². The number of alkyl halides is 3. The highest BCUT2D eigenvalue weighted by molar-refractivity contribution is 5.75. The van der Waals surface area contributed by atoms with Crippen LogP contribution in [0.3, 0.4) is 0 Å². The van der Waals surface area contributed by atoms with Crippen molar-refractivity contribution in [3.63, 3.8) is 0 Å². The van der Waals surface area contributed by atoms with E-state index in [2.05, 4.69) is 4.74 Å². The molecule has 3 nitrogen and oxygen atoms in total. The van der Waals surface area contributed by atoms with E-state index in [-0.39, 0.29) is 6.42 Å². The van der Waals surface area contributed by atoms with E-state index in [1.165, 1.54) is 13.2 Å². The topological polar surface area (TPSA) is 52.3 Å². The highest BCUT2D eigenvalue weighted by Gasteiger charge is 2.31. The lowest BCUT2D eigenvalue weighted by Crippen LogP contribution is -2.33. The van der Waals surface area contributed by atoms with Gasteiger partial charge in [0.2, 0.25) is 0 Å². The fraction of sp³-hybridized carbons (Fsp3) is 0.417. The summed E-state index contributed by atoms with van der Waals surface area (Å²) in [5.74, 6) is -0.646. The summed E-state index contributed by atoms with van der Waals surface area (Å²) in [6.45, 7) is 1.67. The molecule has 0 aliphatic carbocycles. The van der Waals surface area contributed by atoms with Gasteiger partial charge in [0.05, 0.1) is 12.7 Å². The van der Waals surface area contributed by atoms with Crippen LogP contribution in [-0.4, -0.2) is 19.1 Å². The van der Waals surface area contributed by atoms with Crippen molar-refractivity contribution in [2.45, 2.75) is 25.6 Å². The summed E-state index contributed by atoms with van der Waals surface area (Å²) in [5, 5.41) is 0. The SMILES string of the molecule is COC(=O)[C@H](N)Cc1cc(C(F)(F)F)ccc1C. The lowest BCUT2D eigenvalue weighted by Gasteiger charge is -2.14. The number of esters is 1. The molecule has 6 heteroatoms. The average molecular weight is 261 g/mol. The molecule has 0 aliphatic heterocycles. The maximum atomic E-state index is 12.5. The van der Waals surface area contributed by atoms with Gasteiger partial charge in [-0.3, -0.25) is 4.79 Å².